The molecule has 0 fully saturated rings. The molecule has 0 aliphatic rings. The fourth-order valence-electron chi connectivity index (χ4n) is 1.17. The van der Waals surface area contributed by atoms with E-state index in [9.17, 15) is 4.79 Å². The van der Waals surface area contributed by atoms with E-state index in [0.717, 1.165) is 0 Å². The third kappa shape index (κ3) is 2.51. The number of pyridine rings is 1. The molecule has 0 amide bonds. The smallest absolute Gasteiger partial charge is 0.337 e. The first kappa shape index (κ1) is 11.3. The molecule has 0 saturated heterocycles. The van der Waals surface area contributed by atoms with Crippen molar-refractivity contribution in [2.45, 2.75) is 6.54 Å². The standard InChI is InChI=1S/C9H7ClN4O3/c10-7-5(9(15)16)1-2-11-8(7)12-3-6-13-4-17-14-6/h1-2,4H,3H2,(H,11,12)(H,15,16). The van der Waals surface area contributed by atoms with E-state index >= 15 is 0 Å². The monoisotopic (exact) mass is 254 g/mol. The molecule has 7 nitrogen and oxygen atoms in total. The van der Waals surface area contributed by atoms with Gasteiger partial charge in [0, 0.05) is 6.20 Å². The topological polar surface area (TPSA) is 101 Å². The first-order chi connectivity index (χ1) is 8.18. The average molecular weight is 255 g/mol. The molecule has 0 aliphatic carbocycles. The summed E-state index contributed by atoms with van der Waals surface area (Å²) >= 11 is 5.87. The van der Waals surface area contributed by atoms with Crippen LogP contribution in [-0.4, -0.2) is 26.2 Å². The SMILES string of the molecule is O=C(O)c1ccnc(NCc2ncon2)c1Cl. The minimum Gasteiger partial charge on any atom is -0.478 e. The van der Waals surface area contributed by atoms with Crippen LogP contribution < -0.4 is 5.32 Å². The lowest BCUT2D eigenvalue weighted by atomic mass is 10.2. The Hall–Kier alpha value is -2.15. The molecule has 0 atom stereocenters. The van der Waals surface area contributed by atoms with Crippen LogP contribution in [0.2, 0.25) is 5.02 Å². The van der Waals surface area contributed by atoms with Crippen LogP contribution in [0.15, 0.2) is 23.2 Å². The van der Waals surface area contributed by atoms with E-state index in [1.165, 1.54) is 18.7 Å². The zero-order chi connectivity index (χ0) is 12.3. The van der Waals surface area contributed by atoms with E-state index in [2.05, 4.69) is 25.0 Å². The van der Waals surface area contributed by atoms with Crippen LogP contribution in [0.4, 0.5) is 5.82 Å². The van der Waals surface area contributed by atoms with Crippen LogP contribution >= 0.6 is 11.6 Å². The van der Waals surface area contributed by atoms with Gasteiger partial charge in [0.05, 0.1) is 17.1 Å². The fraction of sp³-hybridized carbons (Fsp3) is 0.111. The normalized spacial score (nSPS) is 10.2. The van der Waals surface area contributed by atoms with Gasteiger partial charge >= 0.3 is 5.97 Å². The molecule has 0 radical (unpaired) electrons. The van der Waals surface area contributed by atoms with Gasteiger partial charge in [0.25, 0.3) is 0 Å². The van der Waals surface area contributed by atoms with Crippen LogP contribution in [-0.2, 0) is 6.54 Å². The molecule has 0 aliphatic heterocycles. The second-order valence-electron chi connectivity index (χ2n) is 3.03. The van der Waals surface area contributed by atoms with Crippen molar-refractivity contribution in [3.8, 4) is 0 Å². The Labute approximate surface area is 100 Å². The number of nitrogens with one attached hydrogen (secondary N) is 1. The van der Waals surface area contributed by atoms with E-state index in [-0.39, 0.29) is 22.9 Å². The highest BCUT2D eigenvalue weighted by atomic mass is 35.5. The van der Waals surface area contributed by atoms with E-state index < -0.39 is 5.97 Å². The third-order valence-electron chi connectivity index (χ3n) is 1.94. The molecular weight excluding hydrogens is 248 g/mol. The maximum Gasteiger partial charge on any atom is 0.337 e. The van der Waals surface area contributed by atoms with Crippen LogP contribution in [0.25, 0.3) is 0 Å². The Morgan fingerprint density at radius 2 is 2.35 bits per heavy atom. The number of hydrogen-bond donors (Lipinski definition) is 2. The minimum atomic E-state index is -1.11. The summed E-state index contributed by atoms with van der Waals surface area (Å²) in [6.45, 7) is 0.242. The number of carboxylic acid groups (broad SMARTS) is 1. The summed E-state index contributed by atoms with van der Waals surface area (Å²) in [5.41, 5.74) is -0.0164. The Bertz CT molecular complexity index is 529. The molecule has 0 saturated carbocycles. The van der Waals surface area contributed by atoms with Crippen LogP contribution in [0.5, 0.6) is 0 Å². The Morgan fingerprint density at radius 3 is 3.00 bits per heavy atom. The van der Waals surface area contributed by atoms with Crippen molar-refractivity contribution in [1.82, 2.24) is 15.1 Å². The molecule has 2 aromatic rings. The van der Waals surface area contributed by atoms with Crippen LogP contribution in [0.3, 0.4) is 0 Å². The Balaban J connectivity index is 2.16. The van der Waals surface area contributed by atoms with E-state index in [4.69, 9.17) is 16.7 Å². The number of halogens is 1. The number of hydrogen-bond acceptors (Lipinski definition) is 6. The molecule has 2 aromatic heterocycles. The third-order valence-corrected chi connectivity index (χ3v) is 2.32. The molecule has 2 heterocycles. The summed E-state index contributed by atoms with van der Waals surface area (Å²) in [4.78, 5) is 18.5. The van der Waals surface area contributed by atoms with Gasteiger partial charge in [-0.2, -0.15) is 4.98 Å². The van der Waals surface area contributed by atoms with E-state index in [1.54, 1.807) is 0 Å². The number of carbonyl (C=O) groups is 1. The first-order valence-electron chi connectivity index (χ1n) is 4.55. The highest BCUT2D eigenvalue weighted by Crippen LogP contribution is 2.23. The summed E-state index contributed by atoms with van der Waals surface area (Å²) in [5, 5.41) is 15.3. The summed E-state index contributed by atoms with van der Waals surface area (Å²) in [6.07, 6.45) is 2.55. The van der Waals surface area contributed by atoms with Crippen LogP contribution in [0.1, 0.15) is 16.2 Å². The molecule has 88 valence electrons. The molecular formula is C9H7ClN4O3. The average Bonchev–Trinajstić information content (AvgIpc) is 2.80. The molecule has 8 heteroatoms. The van der Waals surface area contributed by atoms with Gasteiger partial charge in [-0.15, -0.1) is 0 Å². The minimum absolute atomic E-state index is 0.0164. The second kappa shape index (κ2) is 4.79. The molecule has 2 rings (SSSR count). The molecule has 0 unspecified atom stereocenters. The lowest BCUT2D eigenvalue weighted by molar-refractivity contribution is 0.0697. The van der Waals surface area contributed by atoms with Gasteiger partial charge in [0.15, 0.2) is 5.82 Å². The summed E-state index contributed by atoms with van der Waals surface area (Å²) in [6, 6.07) is 1.32. The number of rotatable bonds is 4. The van der Waals surface area contributed by atoms with Gasteiger partial charge in [-0.3, -0.25) is 0 Å². The predicted octanol–water partition coefficient (Wildman–Crippen LogP) is 1.43. The second-order valence-corrected chi connectivity index (χ2v) is 3.41. The van der Waals surface area contributed by atoms with E-state index in [1.807, 2.05) is 0 Å². The lowest BCUT2D eigenvalue weighted by Crippen LogP contribution is -2.06. The van der Waals surface area contributed by atoms with Gasteiger partial charge in [-0.05, 0) is 6.07 Å². The zero-order valence-corrected chi connectivity index (χ0v) is 9.18. The lowest BCUT2D eigenvalue weighted by Gasteiger charge is -2.06. The molecule has 0 aromatic carbocycles. The summed E-state index contributed by atoms with van der Waals surface area (Å²) in [7, 11) is 0. The van der Waals surface area contributed by atoms with Gasteiger partial charge in [0.1, 0.15) is 5.82 Å². The first-order valence-corrected chi connectivity index (χ1v) is 4.93. The molecule has 0 bridgehead atoms. The van der Waals surface area contributed by atoms with Gasteiger partial charge < -0.3 is 14.9 Å². The quantitative estimate of drug-likeness (QED) is 0.851. The maximum atomic E-state index is 10.8. The van der Waals surface area contributed by atoms with Crippen molar-refractivity contribution in [2.75, 3.05) is 5.32 Å². The van der Waals surface area contributed by atoms with Crippen LogP contribution in [0, 0.1) is 0 Å². The highest BCUT2D eigenvalue weighted by molar-refractivity contribution is 6.35. The largest absolute Gasteiger partial charge is 0.478 e. The van der Waals surface area contributed by atoms with Crippen molar-refractivity contribution in [1.29, 1.82) is 0 Å². The number of aromatic nitrogens is 3. The van der Waals surface area contributed by atoms with Gasteiger partial charge in [-0.25, -0.2) is 9.78 Å². The number of nitrogens with zero attached hydrogens (tertiary/aromatic N) is 3. The van der Waals surface area contributed by atoms with Gasteiger partial charge in [-0.1, -0.05) is 16.8 Å². The van der Waals surface area contributed by atoms with E-state index in [0.29, 0.717) is 5.82 Å². The number of aromatic carboxylic acids is 1. The van der Waals surface area contributed by atoms with Crippen molar-refractivity contribution in [3.63, 3.8) is 0 Å². The highest BCUT2D eigenvalue weighted by Gasteiger charge is 2.13. The molecule has 0 spiro atoms. The molecule has 17 heavy (non-hydrogen) atoms. The predicted molar refractivity (Wildman–Crippen MR) is 57.8 cm³/mol. The number of anilines is 1. The van der Waals surface area contributed by atoms with Crippen molar-refractivity contribution in [3.05, 3.63) is 35.1 Å². The Morgan fingerprint density at radius 1 is 1.53 bits per heavy atom. The maximum absolute atomic E-state index is 10.8. The zero-order valence-electron chi connectivity index (χ0n) is 8.42. The molecule has 2 N–H and O–H groups in total. The van der Waals surface area contributed by atoms with Crippen molar-refractivity contribution in [2.24, 2.45) is 0 Å². The van der Waals surface area contributed by atoms with Crippen molar-refractivity contribution < 1.29 is 14.4 Å². The Kier molecular flexibility index (Phi) is 3.20. The number of carboxylic acids is 1. The van der Waals surface area contributed by atoms with Crippen molar-refractivity contribution >= 4 is 23.4 Å². The fourth-order valence-corrected chi connectivity index (χ4v) is 1.42. The van der Waals surface area contributed by atoms with Gasteiger partial charge in [0.2, 0.25) is 6.39 Å². The summed E-state index contributed by atoms with van der Waals surface area (Å²) < 4.78 is 4.55. The summed E-state index contributed by atoms with van der Waals surface area (Å²) in [5.74, 6) is -0.431.